The Morgan fingerprint density at radius 3 is 2.86 bits per heavy atom. The number of aryl methyl sites for hydroxylation is 1. The summed E-state index contributed by atoms with van der Waals surface area (Å²) in [6, 6.07) is 1.33. The maximum absolute atomic E-state index is 12.3. The molecule has 1 saturated carbocycles. The zero-order valence-corrected chi connectivity index (χ0v) is 12.3. The molecule has 2 aliphatic carbocycles. The topological polar surface area (TPSA) is 60.3 Å². The van der Waals surface area contributed by atoms with E-state index in [0.717, 1.165) is 6.42 Å². The van der Waals surface area contributed by atoms with E-state index >= 15 is 0 Å². The van der Waals surface area contributed by atoms with Gasteiger partial charge in [0.05, 0.1) is 13.3 Å². The Labute approximate surface area is 123 Å². The Morgan fingerprint density at radius 2 is 2.24 bits per heavy atom. The van der Waals surface area contributed by atoms with E-state index in [1.165, 1.54) is 25.8 Å². The van der Waals surface area contributed by atoms with Gasteiger partial charge in [0.2, 0.25) is 5.43 Å². The Kier molecular flexibility index (Phi) is 3.57. The number of allylic oxidation sites excluding steroid dienone is 2. The predicted molar refractivity (Wildman–Crippen MR) is 79.4 cm³/mol. The second-order valence-corrected chi connectivity index (χ2v) is 5.95. The average molecular weight is 288 g/mol. The highest BCUT2D eigenvalue weighted by atomic mass is 16.5. The summed E-state index contributed by atoms with van der Waals surface area (Å²) in [4.78, 5) is 24.0. The summed E-state index contributed by atoms with van der Waals surface area (Å²) in [5.74, 6) is 1.87. The van der Waals surface area contributed by atoms with Crippen LogP contribution in [0.15, 0.2) is 29.2 Å². The Hall–Kier alpha value is -2.04. The molecule has 0 saturated heterocycles. The molecule has 1 aromatic rings. The molecule has 21 heavy (non-hydrogen) atoms. The maximum Gasteiger partial charge on any atom is 0.268 e. The van der Waals surface area contributed by atoms with Gasteiger partial charge in [-0.1, -0.05) is 12.2 Å². The Morgan fingerprint density at radius 1 is 1.43 bits per heavy atom. The number of ether oxygens (including phenoxy) is 1. The van der Waals surface area contributed by atoms with E-state index in [1.54, 1.807) is 11.6 Å². The molecule has 5 nitrogen and oxygen atoms in total. The van der Waals surface area contributed by atoms with E-state index in [4.69, 9.17) is 4.74 Å². The van der Waals surface area contributed by atoms with Crippen molar-refractivity contribution in [2.45, 2.75) is 12.8 Å². The van der Waals surface area contributed by atoms with Crippen molar-refractivity contribution in [1.82, 2.24) is 9.88 Å². The fraction of sp³-hybridized carbons (Fsp3) is 0.500. The second-order valence-electron chi connectivity index (χ2n) is 5.95. The van der Waals surface area contributed by atoms with Crippen LogP contribution in [0.2, 0.25) is 0 Å². The van der Waals surface area contributed by atoms with Gasteiger partial charge in [-0.05, 0) is 30.6 Å². The largest absolute Gasteiger partial charge is 0.491 e. The van der Waals surface area contributed by atoms with Crippen molar-refractivity contribution < 1.29 is 9.53 Å². The van der Waals surface area contributed by atoms with Crippen LogP contribution in [0.5, 0.6) is 5.75 Å². The minimum atomic E-state index is -0.274. The Bertz CT molecular complexity index is 647. The van der Waals surface area contributed by atoms with Gasteiger partial charge in [-0.15, -0.1) is 0 Å². The van der Waals surface area contributed by atoms with Crippen molar-refractivity contribution >= 4 is 5.91 Å². The van der Waals surface area contributed by atoms with E-state index in [2.05, 4.69) is 17.5 Å². The molecular weight excluding hydrogens is 268 g/mol. The first-order chi connectivity index (χ1) is 10.1. The molecule has 0 aliphatic heterocycles. The summed E-state index contributed by atoms with van der Waals surface area (Å²) in [6.07, 6.45) is 8.48. The smallest absolute Gasteiger partial charge is 0.268 e. The van der Waals surface area contributed by atoms with Crippen molar-refractivity contribution in [2.75, 3.05) is 13.7 Å². The average Bonchev–Trinajstić information content (AvgIpc) is 3.09. The lowest BCUT2D eigenvalue weighted by molar-refractivity contribution is 0.0936. The highest BCUT2D eigenvalue weighted by molar-refractivity contribution is 5.92. The summed E-state index contributed by atoms with van der Waals surface area (Å²) >= 11 is 0. The normalized spacial score (nSPS) is 26.1. The van der Waals surface area contributed by atoms with Gasteiger partial charge in [0.1, 0.15) is 5.69 Å². The molecule has 5 heteroatoms. The third-order valence-electron chi connectivity index (χ3n) is 4.60. The molecule has 1 heterocycles. The molecule has 0 spiro atoms. The third kappa shape index (κ3) is 2.60. The van der Waals surface area contributed by atoms with Crippen molar-refractivity contribution in [3.05, 3.63) is 40.3 Å². The minimum absolute atomic E-state index is 0.205. The quantitative estimate of drug-likeness (QED) is 0.850. The summed E-state index contributed by atoms with van der Waals surface area (Å²) < 4.78 is 6.58. The standard InChI is InChI=1S/C16H20N2O3/c1-18-9-15(21-2)14(19)7-13(18)16(20)17-8-12-6-10-3-4-11(12)5-10/h3-4,7,9-12H,5-6,8H2,1-2H3,(H,17,20)/t10-,11+,12-/m1/s1. The highest BCUT2D eigenvalue weighted by Gasteiger charge is 2.35. The van der Waals surface area contributed by atoms with E-state index in [9.17, 15) is 9.59 Å². The number of fused-ring (bicyclic) bond motifs is 2. The van der Waals surface area contributed by atoms with E-state index < -0.39 is 0 Å². The van der Waals surface area contributed by atoms with Gasteiger partial charge in [-0.25, -0.2) is 0 Å². The zero-order chi connectivity index (χ0) is 15.0. The molecule has 3 atom stereocenters. The number of carbonyl (C=O) groups is 1. The van der Waals surface area contributed by atoms with Gasteiger partial charge in [0.15, 0.2) is 5.75 Å². The number of nitrogens with zero attached hydrogens (tertiary/aromatic N) is 1. The molecular formula is C16H20N2O3. The minimum Gasteiger partial charge on any atom is -0.491 e. The van der Waals surface area contributed by atoms with E-state index in [-0.39, 0.29) is 17.1 Å². The lowest BCUT2D eigenvalue weighted by Gasteiger charge is -2.19. The highest BCUT2D eigenvalue weighted by Crippen LogP contribution is 2.42. The molecule has 0 radical (unpaired) electrons. The van der Waals surface area contributed by atoms with Crippen LogP contribution in [0.1, 0.15) is 23.3 Å². The number of amides is 1. The molecule has 3 rings (SSSR count). The summed E-state index contributed by atoms with van der Waals surface area (Å²) in [5, 5.41) is 2.96. The van der Waals surface area contributed by atoms with Gasteiger partial charge in [0.25, 0.3) is 5.91 Å². The summed E-state index contributed by atoms with van der Waals surface area (Å²) in [6.45, 7) is 0.671. The lowest BCUT2D eigenvalue weighted by atomic mass is 9.93. The first-order valence-electron chi connectivity index (χ1n) is 7.29. The zero-order valence-electron chi connectivity index (χ0n) is 12.3. The van der Waals surface area contributed by atoms with Gasteiger partial charge in [-0.2, -0.15) is 0 Å². The van der Waals surface area contributed by atoms with Crippen LogP contribution in [0, 0.1) is 17.8 Å². The van der Waals surface area contributed by atoms with E-state index in [0.29, 0.717) is 30.0 Å². The molecule has 112 valence electrons. The number of carbonyl (C=O) groups excluding carboxylic acids is 1. The van der Waals surface area contributed by atoms with Crippen molar-refractivity contribution in [3.63, 3.8) is 0 Å². The molecule has 0 aromatic carbocycles. The fourth-order valence-electron chi connectivity index (χ4n) is 3.43. The number of aromatic nitrogens is 1. The van der Waals surface area contributed by atoms with Crippen LogP contribution < -0.4 is 15.5 Å². The molecule has 0 unspecified atom stereocenters. The van der Waals surface area contributed by atoms with Crippen LogP contribution in [0.4, 0.5) is 0 Å². The van der Waals surface area contributed by atoms with Crippen molar-refractivity contribution in [2.24, 2.45) is 24.8 Å². The van der Waals surface area contributed by atoms with Gasteiger partial charge >= 0.3 is 0 Å². The number of rotatable bonds is 4. The van der Waals surface area contributed by atoms with Crippen LogP contribution >= 0.6 is 0 Å². The SMILES string of the molecule is COc1cn(C)c(C(=O)NC[C@H]2C[C@@H]3C=C[C@H]2C3)cc1=O. The number of hydrogen-bond acceptors (Lipinski definition) is 3. The van der Waals surface area contributed by atoms with Crippen LogP contribution in [-0.2, 0) is 7.05 Å². The maximum atomic E-state index is 12.3. The first kappa shape index (κ1) is 13.9. The van der Waals surface area contributed by atoms with Crippen LogP contribution in [-0.4, -0.2) is 24.1 Å². The molecule has 1 amide bonds. The van der Waals surface area contributed by atoms with Crippen LogP contribution in [0.25, 0.3) is 0 Å². The number of nitrogens with one attached hydrogen (secondary N) is 1. The van der Waals surface area contributed by atoms with Gasteiger partial charge in [-0.3, -0.25) is 9.59 Å². The van der Waals surface area contributed by atoms with Gasteiger partial charge < -0.3 is 14.6 Å². The lowest BCUT2D eigenvalue weighted by Crippen LogP contribution is -2.33. The van der Waals surface area contributed by atoms with Crippen molar-refractivity contribution in [1.29, 1.82) is 0 Å². The number of hydrogen-bond donors (Lipinski definition) is 1. The summed E-state index contributed by atoms with van der Waals surface area (Å²) in [5.41, 5.74) is 0.0862. The third-order valence-corrected chi connectivity index (χ3v) is 4.60. The molecule has 1 N–H and O–H groups in total. The number of pyridine rings is 1. The fourth-order valence-corrected chi connectivity index (χ4v) is 3.43. The predicted octanol–water partition coefficient (Wildman–Crippen LogP) is 1.34. The van der Waals surface area contributed by atoms with Gasteiger partial charge in [0, 0.05) is 19.7 Å². The molecule has 2 bridgehead atoms. The molecule has 1 aromatic heterocycles. The van der Waals surface area contributed by atoms with E-state index in [1.807, 2.05) is 0 Å². The molecule has 1 fully saturated rings. The monoisotopic (exact) mass is 288 g/mol. The first-order valence-corrected chi connectivity index (χ1v) is 7.29. The Balaban J connectivity index is 1.67. The van der Waals surface area contributed by atoms with Crippen LogP contribution in [0.3, 0.4) is 0 Å². The second kappa shape index (κ2) is 5.39. The van der Waals surface area contributed by atoms with Crippen molar-refractivity contribution in [3.8, 4) is 5.75 Å². The molecule has 2 aliphatic rings. The number of methoxy groups -OCH3 is 1. The summed E-state index contributed by atoms with van der Waals surface area (Å²) in [7, 11) is 3.18.